The molecule has 0 unspecified atom stereocenters. The van der Waals surface area contributed by atoms with E-state index in [4.69, 9.17) is 11.6 Å². The minimum atomic E-state index is 0.485. The van der Waals surface area contributed by atoms with Gasteiger partial charge in [0.25, 0.3) is 0 Å². The predicted molar refractivity (Wildman–Crippen MR) is 65.4 cm³/mol. The van der Waals surface area contributed by atoms with Gasteiger partial charge in [-0.05, 0) is 34.7 Å². The highest BCUT2D eigenvalue weighted by Gasteiger charge is 2.19. The molecule has 1 fully saturated rings. The topological polar surface area (TPSA) is 29.0 Å². The summed E-state index contributed by atoms with van der Waals surface area (Å²) in [6, 6.07) is 0. The zero-order valence-corrected chi connectivity index (χ0v) is 10.9. The summed E-state index contributed by atoms with van der Waals surface area (Å²) in [4.78, 5) is 10.5. The summed E-state index contributed by atoms with van der Waals surface area (Å²) in [5, 5.41) is 0.485. The highest BCUT2D eigenvalue weighted by molar-refractivity contribution is 9.10. The molecule has 0 spiro atoms. The molecule has 15 heavy (non-hydrogen) atoms. The van der Waals surface area contributed by atoms with Gasteiger partial charge in [-0.25, -0.2) is 9.97 Å². The van der Waals surface area contributed by atoms with Crippen LogP contribution in [0.4, 0.5) is 5.82 Å². The SMILES string of the molecule is CC1CCN(c2ncnc(Cl)c2Br)CC1. The molecule has 0 N–H and O–H groups in total. The number of hydrogen-bond donors (Lipinski definition) is 0. The van der Waals surface area contributed by atoms with E-state index in [0.29, 0.717) is 5.15 Å². The van der Waals surface area contributed by atoms with E-state index in [1.165, 1.54) is 19.2 Å². The summed E-state index contributed by atoms with van der Waals surface area (Å²) < 4.78 is 0.807. The second kappa shape index (κ2) is 4.66. The van der Waals surface area contributed by atoms with Crippen molar-refractivity contribution in [1.82, 2.24) is 9.97 Å². The molecule has 1 aromatic rings. The van der Waals surface area contributed by atoms with Crippen molar-refractivity contribution in [3.05, 3.63) is 16.0 Å². The second-order valence-corrected chi connectivity index (χ2v) is 5.12. The molecular formula is C10H13BrClN3. The fourth-order valence-electron chi connectivity index (χ4n) is 1.78. The maximum Gasteiger partial charge on any atom is 0.148 e. The molecule has 0 saturated carbocycles. The van der Waals surface area contributed by atoms with E-state index in [-0.39, 0.29) is 0 Å². The number of hydrogen-bond acceptors (Lipinski definition) is 3. The third-order valence-electron chi connectivity index (χ3n) is 2.81. The van der Waals surface area contributed by atoms with Gasteiger partial charge in [0, 0.05) is 13.1 Å². The van der Waals surface area contributed by atoms with Crippen LogP contribution in [0, 0.1) is 5.92 Å². The third-order valence-corrected chi connectivity index (χ3v) is 4.06. The first-order valence-electron chi connectivity index (χ1n) is 5.09. The average Bonchev–Trinajstić information content (AvgIpc) is 2.24. The first kappa shape index (κ1) is 11.1. The molecule has 1 saturated heterocycles. The lowest BCUT2D eigenvalue weighted by Crippen LogP contribution is -2.33. The molecule has 0 aromatic carbocycles. The number of halogens is 2. The Labute approximate surface area is 103 Å². The molecule has 5 heteroatoms. The molecule has 0 bridgehead atoms. The van der Waals surface area contributed by atoms with E-state index in [1.807, 2.05) is 0 Å². The van der Waals surface area contributed by atoms with Crippen LogP contribution in [0.25, 0.3) is 0 Å². The first-order chi connectivity index (χ1) is 7.18. The minimum absolute atomic E-state index is 0.485. The van der Waals surface area contributed by atoms with E-state index in [9.17, 15) is 0 Å². The van der Waals surface area contributed by atoms with Crippen LogP contribution in [-0.2, 0) is 0 Å². The summed E-state index contributed by atoms with van der Waals surface area (Å²) in [6.07, 6.45) is 3.95. The smallest absolute Gasteiger partial charge is 0.148 e. The molecule has 0 radical (unpaired) electrons. The molecule has 1 aliphatic heterocycles. The van der Waals surface area contributed by atoms with Crippen molar-refractivity contribution in [2.24, 2.45) is 5.92 Å². The molecule has 2 heterocycles. The molecule has 0 aliphatic carbocycles. The molecular weight excluding hydrogens is 277 g/mol. The van der Waals surface area contributed by atoms with Crippen LogP contribution in [0.15, 0.2) is 10.8 Å². The normalized spacial score (nSPS) is 18.2. The van der Waals surface area contributed by atoms with Gasteiger partial charge in [-0.1, -0.05) is 18.5 Å². The van der Waals surface area contributed by atoms with Gasteiger partial charge < -0.3 is 4.90 Å². The Bertz CT molecular complexity index is 351. The number of piperidine rings is 1. The largest absolute Gasteiger partial charge is 0.356 e. The lowest BCUT2D eigenvalue weighted by Gasteiger charge is -2.31. The van der Waals surface area contributed by atoms with Gasteiger partial charge in [0.2, 0.25) is 0 Å². The Kier molecular flexibility index (Phi) is 3.46. The Morgan fingerprint density at radius 3 is 2.73 bits per heavy atom. The molecule has 0 atom stereocenters. The fourth-order valence-corrected chi connectivity index (χ4v) is 2.36. The first-order valence-corrected chi connectivity index (χ1v) is 6.26. The van der Waals surface area contributed by atoms with E-state index in [2.05, 4.69) is 37.7 Å². The Morgan fingerprint density at radius 1 is 1.40 bits per heavy atom. The summed E-state index contributed by atoms with van der Waals surface area (Å²) in [7, 11) is 0. The van der Waals surface area contributed by atoms with Crippen LogP contribution in [0.5, 0.6) is 0 Å². The van der Waals surface area contributed by atoms with Crippen molar-refractivity contribution in [1.29, 1.82) is 0 Å². The lowest BCUT2D eigenvalue weighted by atomic mass is 9.99. The molecule has 82 valence electrons. The summed E-state index contributed by atoms with van der Waals surface area (Å²) in [6.45, 7) is 4.39. The lowest BCUT2D eigenvalue weighted by molar-refractivity contribution is 0.436. The van der Waals surface area contributed by atoms with Crippen LogP contribution in [0.3, 0.4) is 0 Å². The van der Waals surface area contributed by atoms with Gasteiger partial charge in [-0.15, -0.1) is 0 Å². The standard InChI is InChI=1S/C10H13BrClN3/c1-7-2-4-15(5-3-7)10-8(11)9(12)13-6-14-10/h6-7H,2-5H2,1H3. The second-order valence-electron chi connectivity index (χ2n) is 3.97. The molecule has 1 aliphatic rings. The Balaban J connectivity index is 2.19. The zero-order valence-electron chi connectivity index (χ0n) is 8.58. The maximum absolute atomic E-state index is 5.94. The summed E-state index contributed by atoms with van der Waals surface area (Å²) in [5.41, 5.74) is 0. The number of nitrogens with zero attached hydrogens (tertiary/aromatic N) is 3. The van der Waals surface area contributed by atoms with Crippen molar-refractivity contribution < 1.29 is 0 Å². The van der Waals surface area contributed by atoms with Crippen molar-refractivity contribution in [2.45, 2.75) is 19.8 Å². The van der Waals surface area contributed by atoms with Crippen LogP contribution < -0.4 is 4.90 Å². The monoisotopic (exact) mass is 289 g/mol. The molecule has 3 nitrogen and oxygen atoms in total. The number of anilines is 1. The zero-order chi connectivity index (χ0) is 10.8. The van der Waals surface area contributed by atoms with E-state index < -0.39 is 0 Å². The highest BCUT2D eigenvalue weighted by atomic mass is 79.9. The quantitative estimate of drug-likeness (QED) is 0.744. The van der Waals surface area contributed by atoms with E-state index in [0.717, 1.165) is 29.3 Å². The van der Waals surface area contributed by atoms with Crippen molar-refractivity contribution >= 4 is 33.3 Å². The van der Waals surface area contributed by atoms with Gasteiger partial charge in [-0.3, -0.25) is 0 Å². The molecule has 1 aromatic heterocycles. The van der Waals surface area contributed by atoms with Crippen molar-refractivity contribution in [3.8, 4) is 0 Å². The van der Waals surface area contributed by atoms with Crippen LogP contribution in [0.1, 0.15) is 19.8 Å². The predicted octanol–water partition coefficient (Wildman–Crippen LogP) is 3.13. The van der Waals surface area contributed by atoms with Gasteiger partial charge in [-0.2, -0.15) is 0 Å². The van der Waals surface area contributed by atoms with Crippen molar-refractivity contribution in [3.63, 3.8) is 0 Å². The molecule has 2 rings (SSSR count). The third kappa shape index (κ3) is 2.42. The van der Waals surface area contributed by atoms with Crippen LogP contribution >= 0.6 is 27.5 Å². The Morgan fingerprint density at radius 2 is 2.07 bits per heavy atom. The number of aromatic nitrogens is 2. The summed E-state index contributed by atoms with van der Waals surface area (Å²) >= 11 is 9.37. The van der Waals surface area contributed by atoms with Crippen molar-refractivity contribution in [2.75, 3.05) is 18.0 Å². The van der Waals surface area contributed by atoms with Gasteiger partial charge in [0.15, 0.2) is 0 Å². The average molecular weight is 291 g/mol. The van der Waals surface area contributed by atoms with Gasteiger partial charge >= 0.3 is 0 Å². The fraction of sp³-hybridized carbons (Fsp3) is 0.600. The van der Waals surface area contributed by atoms with E-state index in [1.54, 1.807) is 0 Å². The number of rotatable bonds is 1. The van der Waals surface area contributed by atoms with Gasteiger partial charge in [0.1, 0.15) is 17.3 Å². The molecule has 0 amide bonds. The minimum Gasteiger partial charge on any atom is -0.356 e. The highest BCUT2D eigenvalue weighted by Crippen LogP contribution is 2.31. The van der Waals surface area contributed by atoms with Crippen LogP contribution in [0.2, 0.25) is 5.15 Å². The van der Waals surface area contributed by atoms with Crippen LogP contribution in [-0.4, -0.2) is 23.1 Å². The summed E-state index contributed by atoms with van der Waals surface area (Å²) in [5.74, 6) is 1.74. The van der Waals surface area contributed by atoms with Gasteiger partial charge in [0.05, 0.1) is 4.47 Å². The maximum atomic E-state index is 5.94. The van der Waals surface area contributed by atoms with E-state index >= 15 is 0 Å². The Hall–Kier alpha value is -0.350.